The van der Waals surface area contributed by atoms with E-state index in [-0.39, 0.29) is 5.78 Å². The molecule has 0 atom stereocenters. The molecule has 0 saturated carbocycles. The van der Waals surface area contributed by atoms with Crippen LogP contribution in [-0.2, 0) is 6.42 Å². The molecule has 0 fully saturated rings. The molecule has 0 spiro atoms. The zero-order chi connectivity index (χ0) is 12.7. The topological polar surface area (TPSA) is 47.5 Å². The van der Waals surface area contributed by atoms with Crippen LogP contribution in [0.2, 0.25) is 0 Å². The lowest BCUT2D eigenvalue weighted by Gasteiger charge is -1.95. The molecule has 0 aliphatic rings. The highest BCUT2D eigenvalue weighted by Crippen LogP contribution is 2.17. The Morgan fingerprint density at radius 1 is 1.50 bits per heavy atom. The number of nitrogens with zero attached hydrogens (tertiary/aromatic N) is 2. The Bertz CT molecular complexity index is 692. The summed E-state index contributed by atoms with van der Waals surface area (Å²) in [6.45, 7) is 3.66. The van der Waals surface area contributed by atoms with Crippen molar-refractivity contribution in [3.63, 3.8) is 0 Å². The lowest BCUT2D eigenvalue weighted by atomic mass is 10.1. The van der Waals surface area contributed by atoms with Crippen LogP contribution in [0.5, 0.6) is 0 Å². The van der Waals surface area contributed by atoms with Gasteiger partial charge in [-0.1, -0.05) is 0 Å². The molecule has 0 N–H and O–H groups in total. The minimum Gasteiger partial charge on any atom is -0.466 e. The largest absolute Gasteiger partial charge is 0.466 e. The number of carbonyl (C=O) groups excluding carboxylic acids is 1. The van der Waals surface area contributed by atoms with Crippen molar-refractivity contribution in [2.75, 3.05) is 0 Å². The maximum Gasteiger partial charge on any atom is 0.193 e. The third-order valence-corrected chi connectivity index (χ3v) is 3.60. The predicted molar refractivity (Wildman–Crippen MR) is 69.3 cm³/mol. The monoisotopic (exact) mass is 260 g/mol. The first-order valence-electron chi connectivity index (χ1n) is 5.65. The summed E-state index contributed by atoms with van der Waals surface area (Å²) in [6.07, 6.45) is 4.15. The van der Waals surface area contributed by atoms with Crippen LogP contribution in [0.3, 0.4) is 0 Å². The van der Waals surface area contributed by atoms with E-state index in [0.717, 1.165) is 16.4 Å². The summed E-state index contributed by atoms with van der Waals surface area (Å²) < 4.78 is 7.30. The maximum absolute atomic E-state index is 12.1. The van der Waals surface area contributed by atoms with Crippen LogP contribution in [0, 0.1) is 13.8 Å². The molecular formula is C13H12N2O2S. The predicted octanol–water partition coefficient (Wildman–Crippen LogP) is 3.03. The summed E-state index contributed by atoms with van der Waals surface area (Å²) >= 11 is 1.56. The lowest BCUT2D eigenvalue weighted by Crippen LogP contribution is -2.04. The van der Waals surface area contributed by atoms with Crippen LogP contribution in [-0.4, -0.2) is 15.2 Å². The summed E-state index contributed by atoms with van der Waals surface area (Å²) in [5, 5.41) is 1.97. The van der Waals surface area contributed by atoms with Crippen LogP contribution < -0.4 is 0 Å². The fourth-order valence-corrected chi connectivity index (χ4v) is 2.75. The minimum absolute atomic E-state index is 0.0510. The number of carbonyl (C=O) groups is 1. The summed E-state index contributed by atoms with van der Waals surface area (Å²) in [6, 6.07) is 1.79. The third-order valence-electron chi connectivity index (χ3n) is 2.83. The normalized spacial score (nSPS) is 11.2. The molecule has 4 nitrogen and oxygen atoms in total. The lowest BCUT2D eigenvalue weighted by molar-refractivity contribution is 0.0990. The van der Waals surface area contributed by atoms with Gasteiger partial charge in [0.2, 0.25) is 0 Å². The van der Waals surface area contributed by atoms with E-state index < -0.39 is 0 Å². The molecule has 0 aliphatic heterocycles. The molecule has 3 aromatic rings. The Balaban J connectivity index is 1.86. The number of aromatic nitrogens is 2. The van der Waals surface area contributed by atoms with E-state index in [2.05, 4.69) is 4.98 Å². The van der Waals surface area contributed by atoms with Gasteiger partial charge in [0.05, 0.1) is 17.7 Å². The van der Waals surface area contributed by atoms with E-state index in [0.29, 0.717) is 17.7 Å². The van der Waals surface area contributed by atoms with Crippen molar-refractivity contribution in [3.8, 4) is 0 Å². The number of imidazole rings is 1. The molecule has 5 heteroatoms. The van der Waals surface area contributed by atoms with E-state index in [9.17, 15) is 4.79 Å². The molecule has 0 unspecified atom stereocenters. The number of Topliss-reactive ketones (excluding diaryl/α,β-unsaturated/α-hetero) is 1. The van der Waals surface area contributed by atoms with Gasteiger partial charge in [-0.05, 0) is 19.9 Å². The zero-order valence-electron chi connectivity index (χ0n) is 10.1. The van der Waals surface area contributed by atoms with Crippen molar-refractivity contribution in [2.24, 2.45) is 0 Å². The van der Waals surface area contributed by atoms with E-state index in [1.165, 1.54) is 0 Å². The first-order chi connectivity index (χ1) is 8.63. The van der Waals surface area contributed by atoms with Gasteiger partial charge in [0.1, 0.15) is 11.5 Å². The average Bonchev–Trinajstić information content (AvgIpc) is 2.92. The molecule has 0 saturated heterocycles. The second-order valence-corrected chi connectivity index (χ2v) is 5.12. The van der Waals surface area contributed by atoms with Crippen molar-refractivity contribution in [1.82, 2.24) is 9.38 Å². The van der Waals surface area contributed by atoms with Gasteiger partial charge in [-0.3, -0.25) is 9.20 Å². The van der Waals surface area contributed by atoms with Gasteiger partial charge in [-0.2, -0.15) is 0 Å². The van der Waals surface area contributed by atoms with Crippen LogP contribution >= 0.6 is 11.3 Å². The third kappa shape index (κ3) is 1.86. The molecule has 0 aromatic carbocycles. The minimum atomic E-state index is 0.0510. The molecule has 3 aromatic heterocycles. The summed E-state index contributed by atoms with van der Waals surface area (Å²) in [5.41, 5.74) is 1.45. The highest BCUT2D eigenvalue weighted by molar-refractivity contribution is 7.15. The van der Waals surface area contributed by atoms with Crippen molar-refractivity contribution in [3.05, 3.63) is 46.6 Å². The van der Waals surface area contributed by atoms with Gasteiger partial charge >= 0.3 is 0 Å². The molecular weight excluding hydrogens is 248 g/mol. The van der Waals surface area contributed by atoms with E-state index in [1.54, 1.807) is 17.4 Å². The number of hydrogen-bond donors (Lipinski definition) is 0. The first kappa shape index (κ1) is 11.2. The molecule has 92 valence electrons. The fourth-order valence-electron chi connectivity index (χ4n) is 2.03. The van der Waals surface area contributed by atoms with Gasteiger partial charge in [0.15, 0.2) is 10.7 Å². The van der Waals surface area contributed by atoms with Crippen LogP contribution in [0.4, 0.5) is 0 Å². The van der Waals surface area contributed by atoms with Crippen molar-refractivity contribution < 1.29 is 9.21 Å². The van der Waals surface area contributed by atoms with Gasteiger partial charge < -0.3 is 4.42 Å². The number of fused-ring (bicyclic) bond motifs is 1. The number of hydrogen-bond acceptors (Lipinski definition) is 4. The van der Waals surface area contributed by atoms with Gasteiger partial charge in [-0.25, -0.2) is 4.98 Å². The Kier molecular flexibility index (Phi) is 2.56. The zero-order valence-corrected chi connectivity index (χ0v) is 11.0. The molecule has 0 radical (unpaired) electrons. The fraction of sp³-hybridized carbons (Fsp3) is 0.231. The number of rotatable bonds is 3. The smallest absolute Gasteiger partial charge is 0.193 e. The number of thiazole rings is 1. The molecule has 3 rings (SSSR count). The highest BCUT2D eigenvalue weighted by Gasteiger charge is 2.15. The summed E-state index contributed by atoms with van der Waals surface area (Å²) in [4.78, 5) is 17.5. The molecule has 18 heavy (non-hydrogen) atoms. The summed E-state index contributed by atoms with van der Waals surface area (Å²) in [5.74, 6) is 1.50. The number of ketones is 1. The van der Waals surface area contributed by atoms with Crippen molar-refractivity contribution >= 4 is 22.1 Å². The second-order valence-electron chi connectivity index (χ2n) is 4.25. The van der Waals surface area contributed by atoms with E-state index in [1.807, 2.05) is 36.0 Å². The first-order valence-corrected chi connectivity index (χ1v) is 6.53. The Hall–Kier alpha value is -1.88. The van der Waals surface area contributed by atoms with Crippen molar-refractivity contribution in [2.45, 2.75) is 20.3 Å². The molecule has 0 bridgehead atoms. The quantitative estimate of drug-likeness (QED) is 0.680. The molecule has 0 aliphatic carbocycles. The van der Waals surface area contributed by atoms with Crippen LogP contribution in [0.25, 0.3) is 4.96 Å². The standard InChI is InChI=1S/C13H12N2O2S/c1-8-5-11(9(2)17-8)12(16)6-10-7-15-3-4-18-13(15)14-10/h3-5,7H,6H2,1-2H3. The molecule has 0 amide bonds. The van der Waals surface area contributed by atoms with E-state index in [4.69, 9.17) is 4.42 Å². The second kappa shape index (κ2) is 4.10. The Labute approximate surface area is 108 Å². The van der Waals surface area contributed by atoms with E-state index >= 15 is 0 Å². The van der Waals surface area contributed by atoms with Gasteiger partial charge in [0.25, 0.3) is 0 Å². The Morgan fingerprint density at radius 2 is 2.33 bits per heavy atom. The SMILES string of the molecule is Cc1cc(C(=O)Cc2cn3ccsc3n2)c(C)o1. The van der Waals surface area contributed by atoms with Gasteiger partial charge in [0, 0.05) is 17.8 Å². The maximum atomic E-state index is 12.1. The van der Waals surface area contributed by atoms with Gasteiger partial charge in [-0.15, -0.1) is 11.3 Å². The van der Waals surface area contributed by atoms with Crippen LogP contribution in [0.15, 0.2) is 28.3 Å². The average molecular weight is 260 g/mol. The van der Waals surface area contributed by atoms with Crippen molar-refractivity contribution in [1.29, 1.82) is 0 Å². The molecule has 3 heterocycles. The Morgan fingerprint density at radius 3 is 3.00 bits per heavy atom. The number of furan rings is 1. The van der Waals surface area contributed by atoms with Crippen LogP contribution in [0.1, 0.15) is 27.6 Å². The summed E-state index contributed by atoms with van der Waals surface area (Å²) in [7, 11) is 0. The highest BCUT2D eigenvalue weighted by atomic mass is 32.1. The number of aryl methyl sites for hydroxylation is 2.